The maximum atomic E-state index is 13.0. The number of imide groups is 1. The van der Waals surface area contributed by atoms with E-state index in [2.05, 4.69) is 12.2 Å². The maximum absolute atomic E-state index is 13.0. The molecule has 1 saturated carbocycles. The number of hydrogen-bond donors (Lipinski definition) is 1. The van der Waals surface area contributed by atoms with Crippen molar-refractivity contribution < 1.29 is 23.9 Å². The summed E-state index contributed by atoms with van der Waals surface area (Å²) >= 11 is 0. The van der Waals surface area contributed by atoms with Crippen LogP contribution in [0.4, 0.5) is 11.4 Å². The predicted molar refractivity (Wildman–Crippen MR) is 132 cm³/mol. The molecule has 3 amide bonds. The molecule has 0 spiro atoms. The first kappa shape index (κ1) is 22.8. The van der Waals surface area contributed by atoms with Crippen LogP contribution < -0.4 is 10.2 Å². The lowest BCUT2D eigenvalue weighted by atomic mass is 9.76. The zero-order valence-corrected chi connectivity index (χ0v) is 19.4. The third-order valence-electron chi connectivity index (χ3n) is 6.93. The molecule has 3 atom stereocenters. The van der Waals surface area contributed by atoms with E-state index >= 15 is 0 Å². The number of ether oxygens (including phenoxy) is 1. The number of carbonyl (C=O) groups is 4. The molecule has 0 bridgehead atoms. The molecule has 3 aromatic rings. The van der Waals surface area contributed by atoms with Crippen LogP contribution >= 0.6 is 0 Å². The van der Waals surface area contributed by atoms with Crippen LogP contribution in [0, 0.1) is 17.8 Å². The monoisotopic (exact) mass is 470 g/mol. The zero-order chi connectivity index (χ0) is 24.5. The Morgan fingerprint density at radius 3 is 2.54 bits per heavy atom. The van der Waals surface area contributed by atoms with Crippen molar-refractivity contribution in [1.82, 2.24) is 0 Å². The lowest BCUT2D eigenvalue weighted by molar-refractivity contribution is -0.122. The van der Waals surface area contributed by atoms with Gasteiger partial charge in [0.25, 0.3) is 5.91 Å². The molecule has 0 aromatic heterocycles. The molecule has 35 heavy (non-hydrogen) atoms. The highest BCUT2D eigenvalue weighted by Gasteiger charge is 2.50. The van der Waals surface area contributed by atoms with E-state index in [-0.39, 0.29) is 29.2 Å². The van der Waals surface area contributed by atoms with E-state index in [4.69, 9.17) is 4.74 Å². The molecular formula is C28H26N2O5. The summed E-state index contributed by atoms with van der Waals surface area (Å²) in [5.74, 6) is -1.74. The third kappa shape index (κ3) is 4.41. The number of anilines is 2. The molecule has 1 aliphatic carbocycles. The summed E-state index contributed by atoms with van der Waals surface area (Å²) in [6.45, 7) is 1.64. The average molecular weight is 471 g/mol. The van der Waals surface area contributed by atoms with Gasteiger partial charge in [0.15, 0.2) is 6.61 Å². The molecule has 1 heterocycles. The molecule has 3 aromatic carbocycles. The number of amides is 3. The Balaban J connectivity index is 1.25. The van der Waals surface area contributed by atoms with Crippen LogP contribution in [0.2, 0.25) is 0 Å². The van der Waals surface area contributed by atoms with Crippen LogP contribution in [0.1, 0.15) is 36.5 Å². The quantitative estimate of drug-likeness (QED) is 0.436. The Kier molecular flexibility index (Phi) is 6.07. The largest absolute Gasteiger partial charge is 0.452 e. The van der Waals surface area contributed by atoms with E-state index in [1.807, 2.05) is 36.4 Å². The van der Waals surface area contributed by atoms with Gasteiger partial charge in [0.1, 0.15) is 0 Å². The summed E-state index contributed by atoms with van der Waals surface area (Å²) in [5, 5.41) is 4.65. The fraction of sp³-hybridized carbons (Fsp3) is 0.286. The van der Waals surface area contributed by atoms with Gasteiger partial charge >= 0.3 is 5.97 Å². The molecule has 2 aliphatic rings. The van der Waals surface area contributed by atoms with Crippen LogP contribution in [0.5, 0.6) is 0 Å². The molecule has 178 valence electrons. The van der Waals surface area contributed by atoms with Gasteiger partial charge < -0.3 is 10.1 Å². The Morgan fingerprint density at radius 2 is 1.69 bits per heavy atom. The lowest BCUT2D eigenvalue weighted by Gasteiger charge is -2.25. The predicted octanol–water partition coefficient (Wildman–Crippen LogP) is 4.56. The minimum Gasteiger partial charge on any atom is -0.452 e. The molecule has 7 heteroatoms. The van der Waals surface area contributed by atoms with E-state index < -0.39 is 18.5 Å². The summed E-state index contributed by atoms with van der Waals surface area (Å²) in [4.78, 5) is 52.2. The van der Waals surface area contributed by atoms with Gasteiger partial charge in [-0.25, -0.2) is 4.79 Å². The molecule has 1 aliphatic heterocycles. The number of hydrogen-bond acceptors (Lipinski definition) is 5. The summed E-state index contributed by atoms with van der Waals surface area (Å²) in [7, 11) is 0. The van der Waals surface area contributed by atoms with Crippen LogP contribution in [0.15, 0.2) is 66.7 Å². The van der Waals surface area contributed by atoms with Gasteiger partial charge in [-0.15, -0.1) is 0 Å². The van der Waals surface area contributed by atoms with E-state index in [0.717, 1.165) is 17.2 Å². The van der Waals surface area contributed by atoms with E-state index in [1.54, 1.807) is 18.2 Å². The molecule has 1 saturated heterocycles. The lowest BCUT2D eigenvalue weighted by Crippen LogP contribution is -2.31. The highest BCUT2D eigenvalue weighted by atomic mass is 16.5. The number of esters is 1. The molecule has 2 fully saturated rings. The SMILES string of the molecule is C[C@@H]1CC[C@@H]2C(=O)N(c3cccc(C(=O)OCC(=O)Nc4cccc5ccccc45)c3)C(=O)[C@H]2C1. The molecule has 1 N–H and O–H groups in total. The Bertz CT molecular complexity index is 1330. The summed E-state index contributed by atoms with van der Waals surface area (Å²) in [6, 6.07) is 19.5. The molecular weight excluding hydrogens is 444 g/mol. The highest BCUT2D eigenvalue weighted by Crippen LogP contribution is 2.42. The first-order chi connectivity index (χ1) is 16.9. The minimum absolute atomic E-state index is 0.171. The van der Waals surface area contributed by atoms with Crippen molar-refractivity contribution in [2.45, 2.75) is 26.2 Å². The topological polar surface area (TPSA) is 92.8 Å². The van der Waals surface area contributed by atoms with Crippen LogP contribution in [-0.2, 0) is 19.1 Å². The normalized spacial score (nSPS) is 21.6. The van der Waals surface area contributed by atoms with E-state index in [1.165, 1.54) is 17.0 Å². The first-order valence-corrected chi connectivity index (χ1v) is 11.8. The minimum atomic E-state index is -0.704. The van der Waals surface area contributed by atoms with Crippen LogP contribution in [0.25, 0.3) is 10.8 Å². The second-order valence-corrected chi connectivity index (χ2v) is 9.34. The van der Waals surface area contributed by atoms with Gasteiger partial charge in [-0.2, -0.15) is 0 Å². The van der Waals surface area contributed by atoms with Crippen molar-refractivity contribution >= 4 is 45.8 Å². The van der Waals surface area contributed by atoms with Gasteiger partial charge in [0.2, 0.25) is 11.8 Å². The highest BCUT2D eigenvalue weighted by molar-refractivity contribution is 6.22. The van der Waals surface area contributed by atoms with Gasteiger partial charge in [0, 0.05) is 11.1 Å². The number of rotatable bonds is 5. The number of carbonyl (C=O) groups excluding carboxylic acids is 4. The van der Waals surface area contributed by atoms with Crippen molar-refractivity contribution in [1.29, 1.82) is 0 Å². The van der Waals surface area contributed by atoms with Gasteiger partial charge in [-0.05, 0) is 54.8 Å². The van der Waals surface area contributed by atoms with Gasteiger partial charge in [-0.1, -0.05) is 49.4 Å². The zero-order valence-electron chi connectivity index (χ0n) is 19.4. The fourth-order valence-corrected chi connectivity index (χ4v) is 5.15. The number of fused-ring (bicyclic) bond motifs is 2. The van der Waals surface area contributed by atoms with Crippen molar-refractivity contribution in [3.05, 3.63) is 72.3 Å². The van der Waals surface area contributed by atoms with Crippen LogP contribution in [-0.4, -0.2) is 30.3 Å². The van der Waals surface area contributed by atoms with Crippen LogP contribution in [0.3, 0.4) is 0 Å². The third-order valence-corrected chi connectivity index (χ3v) is 6.93. The van der Waals surface area contributed by atoms with Crippen molar-refractivity contribution in [3.8, 4) is 0 Å². The number of nitrogens with one attached hydrogen (secondary N) is 1. The smallest absolute Gasteiger partial charge is 0.338 e. The molecule has 7 nitrogen and oxygen atoms in total. The Morgan fingerprint density at radius 1 is 0.943 bits per heavy atom. The Hall–Kier alpha value is -4.00. The Labute approximate surface area is 203 Å². The van der Waals surface area contributed by atoms with E-state index in [9.17, 15) is 19.2 Å². The maximum Gasteiger partial charge on any atom is 0.338 e. The number of benzene rings is 3. The summed E-state index contributed by atoms with van der Waals surface area (Å²) in [5.41, 5.74) is 1.16. The van der Waals surface area contributed by atoms with Crippen molar-refractivity contribution in [2.24, 2.45) is 17.8 Å². The number of nitrogens with zero attached hydrogens (tertiary/aromatic N) is 1. The molecule has 0 unspecified atom stereocenters. The van der Waals surface area contributed by atoms with Gasteiger partial charge in [-0.3, -0.25) is 19.3 Å². The summed E-state index contributed by atoms with van der Waals surface area (Å²) in [6.07, 6.45) is 2.35. The van der Waals surface area contributed by atoms with E-state index in [0.29, 0.717) is 30.1 Å². The molecule has 5 rings (SSSR count). The van der Waals surface area contributed by atoms with Crippen molar-refractivity contribution in [2.75, 3.05) is 16.8 Å². The second-order valence-electron chi connectivity index (χ2n) is 9.34. The first-order valence-electron chi connectivity index (χ1n) is 11.8. The summed E-state index contributed by atoms with van der Waals surface area (Å²) < 4.78 is 5.21. The standard InChI is InChI=1S/C28H26N2O5/c1-17-12-13-22-23(14-17)27(33)30(26(22)32)20-9-4-8-19(15-20)28(34)35-16-25(31)29-24-11-5-7-18-6-2-3-10-21(18)24/h2-11,15,17,22-23H,12-14,16H2,1H3,(H,29,31)/t17-,22+,23+/m1/s1. The average Bonchev–Trinajstić information content (AvgIpc) is 3.11. The van der Waals surface area contributed by atoms with Gasteiger partial charge in [0.05, 0.1) is 23.1 Å². The molecule has 0 radical (unpaired) electrons. The van der Waals surface area contributed by atoms with Crippen molar-refractivity contribution in [3.63, 3.8) is 0 Å². The second kappa shape index (κ2) is 9.33. The fourth-order valence-electron chi connectivity index (χ4n) is 5.15.